The zero-order valence-corrected chi connectivity index (χ0v) is 11.3. The van der Waals surface area contributed by atoms with E-state index in [4.69, 9.17) is 0 Å². The lowest BCUT2D eigenvalue weighted by molar-refractivity contribution is 0.0608. The van der Waals surface area contributed by atoms with E-state index in [1.165, 1.54) is 12.1 Å². The third-order valence-corrected chi connectivity index (χ3v) is 3.09. The van der Waals surface area contributed by atoms with Crippen molar-refractivity contribution in [1.29, 1.82) is 0 Å². The highest BCUT2D eigenvalue weighted by atomic mass is 19.1. The molecule has 2 rings (SSSR count). The molecule has 0 aliphatic heterocycles. The molecule has 19 heavy (non-hydrogen) atoms. The number of hydrogen-bond donors (Lipinski definition) is 1. The summed E-state index contributed by atoms with van der Waals surface area (Å²) in [6.07, 6.45) is 4.75. The molecule has 3 nitrogen and oxygen atoms in total. The molecule has 0 spiro atoms. The Labute approximate surface area is 112 Å². The molecule has 0 radical (unpaired) electrons. The van der Waals surface area contributed by atoms with Crippen LogP contribution in [0.1, 0.15) is 25.0 Å². The van der Waals surface area contributed by atoms with Gasteiger partial charge in [0, 0.05) is 25.6 Å². The Bertz CT molecular complexity index is 531. The van der Waals surface area contributed by atoms with E-state index in [0.29, 0.717) is 12.8 Å². The molecule has 1 aromatic carbocycles. The first-order valence-electron chi connectivity index (χ1n) is 6.47. The van der Waals surface area contributed by atoms with Crippen LogP contribution < -0.4 is 0 Å². The van der Waals surface area contributed by atoms with Crippen molar-refractivity contribution in [2.75, 3.05) is 0 Å². The van der Waals surface area contributed by atoms with Crippen LogP contribution in [0.2, 0.25) is 0 Å². The summed E-state index contributed by atoms with van der Waals surface area (Å²) in [5, 5.41) is 14.6. The van der Waals surface area contributed by atoms with E-state index in [1.807, 2.05) is 17.8 Å². The molecule has 0 aliphatic carbocycles. The zero-order chi connectivity index (χ0) is 13.9. The lowest BCUT2D eigenvalue weighted by Crippen LogP contribution is -2.29. The van der Waals surface area contributed by atoms with Crippen LogP contribution in [0.25, 0.3) is 0 Å². The van der Waals surface area contributed by atoms with Gasteiger partial charge in [-0.05, 0) is 37.1 Å². The Kier molecular flexibility index (Phi) is 4.00. The van der Waals surface area contributed by atoms with Crippen LogP contribution in [-0.4, -0.2) is 20.5 Å². The number of hydrogen-bond acceptors (Lipinski definition) is 2. The SMILES string of the molecule is CCn1cc(CC(C)(O)Cc2ccc(F)cc2)cn1. The molecule has 0 saturated carbocycles. The third-order valence-electron chi connectivity index (χ3n) is 3.09. The topological polar surface area (TPSA) is 38.0 Å². The van der Waals surface area contributed by atoms with E-state index in [2.05, 4.69) is 5.10 Å². The molecule has 4 heteroatoms. The zero-order valence-electron chi connectivity index (χ0n) is 11.3. The largest absolute Gasteiger partial charge is 0.389 e. The Hall–Kier alpha value is -1.68. The molecule has 1 heterocycles. The van der Waals surface area contributed by atoms with Gasteiger partial charge in [0.2, 0.25) is 0 Å². The summed E-state index contributed by atoms with van der Waals surface area (Å²) in [4.78, 5) is 0. The Balaban J connectivity index is 2.03. The highest BCUT2D eigenvalue weighted by molar-refractivity contribution is 5.19. The van der Waals surface area contributed by atoms with Crippen molar-refractivity contribution >= 4 is 0 Å². The molecule has 0 fully saturated rings. The van der Waals surface area contributed by atoms with Crippen LogP contribution in [0.15, 0.2) is 36.7 Å². The lowest BCUT2D eigenvalue weighted by atomic mass is 9.91. The summed E-state index contributed by atoms with van der Waals surface area (Å²) in [5.74, 6) is -0.257. The number of rotatable bonds is 5. The summed E-state index contributed by atoms with van der Waals surface area (Å²) < 4.78 is 14.7. The standard InChI is InChI=1S/C15H19FN2O/c1-3-18-11-13(10-17-18)9-15(2,19)8-12-4-6-14(16)7-5-12/h4-7,10-11,19H,3,8-9H2,1-2H3. The number of halogens is 1. The van der Waals surface area contributed by atoms with Gasteiger partial charge in [-0.3, -0.25) is 4.68 Å². The minimum atomic E-state index is -0.862. The predicted molar refractivity (Wildman–Crippen MR) is 72.3 cm³/mol. The summed E-state index contributed by atoms with van der Waals surface area (Å²) >= 11 is 0. The van der Waals surface area contributed by atoms with Crippen LogP contribution >= 0.6 is 0 Å². The lowest BCUT2D eigenvalue weighted by Gasteiger charge is -2.22. The van der Waals surface area contributed by atoms with E-state index >= 15 is 0 Å². The average molecular weight is 262 g/mol. The molecule has 1 atom stereocenters. The third kappa shape index (κ3) is 3.89. The number of aryl methyl sites for hydroxylation is 1. The molecule has 0 amide bonds. The second-order valence-corrected chi connectivity index (χ2v) is 5.18. The van der Waals surface area contributed by atoms with E-state index in [9.17, 15) is 9.50 Å². The predicted octanol–water partition coefficient (Wildman–Crippen LogP) is 2.58. The quantitative estimate of drug-likeness (QED) is 0.899. The van der Waals surface area contributed by atoms with Gasteiger partial charge in [-0.1, -0.05) is 12.1 Å². The van der Waals surface area contributed by atoms with Crippen LogP contribution in [0.5, 0.6) is 0 Å². The molecule has 2 aromatic rings. The minimum absolute atomic E-state index is 0.257. The maximum Gasteiger partial charge on any atom is 0.123 e. The van der Waals surface area contributed by atoms with Crippen molar-refractivity contribution in [2.45, 2.75) is 38.8 Å². The van der Waals surface area contributed by atoms with Crippen LogP contribution in [0, 0.1) is 5.82 Å². The normalized spacial score (nSPS) is 14.3. The first-order valence-corrected chi connectivity index (χ1v) is 6.47. The van der Waals surface area contributed by atoms with Gasteiger partial charge in [0.1, 0.15) is 5.82 Å². The molecule has 0 bridgehead atoms. The van der Waals surface area contributed by atoms with Gasteiger partial charge < -0.3 is 5.11 Å². The first-order chi connectivity index (χ1) is 8.98. The molecule has 0 saturated heterocycles. The van der Waals surface area contributed by atoms with Crippen LogP contribution in [-0.2, 0) is 19.4 Å². The van der Waals surface area contributed by atoms with E-state index < -0.39 is 5.60 Å². The van der Waals surface area contributed by atoms with Crippen molar-refractivity contribution < 1.29 is 9.50 Å². The molecule has 102 valence electrons. The number of benzene rings is 1. The highest BCUT2D eigenvalue weighted by Crippen LogP contribution is 2.19. The monoisotopic (exact) mass is 262 g/mol. The summed E-state index contributed by atoms with van der Waals surface area (Å²) in [7, 11) is 0. The molecule has 1 unspecified atom stereocenters. The number of nitrogens with zero attached hydrogens (tertiary/aromatic N) is 2. The van der Waals surface area contributed by atoms with Crippen LogP contribution in [0.4, 0.5) is 4.39 Å². The first kappa shape index (κ1) is 13.7. The average Bonchev–Trinajstić information content (AvgIpc) is 2.78. The summed E-state index contributed by atoms with van der Waals surface area (Å²) in [6.45, 7) is 4.63. The maximum absolute atomic E-state index is 12.8. The van der Waals surface area contributed by atoms with Gasteiger partial charge in [0.15, 0.2) is 0 Å². The van der Waals surface area contributed by atoms with Gasteiger partial charge >= 0.3 is 0 Å². The Morgan fingerprint density at radius 2 is 1.84 bits per heavy atom. The highest BCUT2D eigenvalue weighted by Gasteiger charge is 2.22. The second kappa shape index (κ2) is 5.53. The molecule has 1 N–H and O–H groups in total. The van der Waals surface area contributed by atoms with Gasteiger partial charge in [0.05, 0.1) is 11.8 Å². The molecule has 1 aromatic heterocycles. The van der Waals surface area contributed by atoms with Crippen molar-refractivity contribution in [3.63, 3.8) is 0 Å². The van der Waals surface area contributed by atoms with Gasteiger partial charge in [-0.15, -0.1) is 0 Å². The summed E-state index contributed by atoms with van der Waals surface area (Å²) in [6, 6.07) is 6.25. The molecular formula is C15H19FN2O. The van der Waals surface area contributed by atoms with Crippen molar-refractivity contribution in [1.82, 2.24) is 9.78 Å². The fourth-order valence-corrected chi connectivity index (χ4v) is 2.21. The van der Waals surface area contributed by atoms with Gasteiger partial charge in [-0.2, -0.15) is 5.10 Å². The van der Waals surface area contributed by atoms with Crippen molar-refractivity contribution in [3.05, 3.63) is 53.6 Å². The summed E-state index contributed by atoms with van der Waals surface area (Å²) in [5.41, 5.74) is 1.07. The van der Waals surface area contributed by atoms with Gasteiger partial charge in [0.25, 0.3) is 0 Å². The van der Waals surface area contributed by atoms with Crippen molar-refractivity contribution in [2.24, 2.45) is 0 Å². The van der Waals surface area contributed by atoms with Gasteiger partial charge in [-0.25, -0.2) is 4.39 Å². The van der Waals surface area contributed by atoms with E-state index in [-0.39, 0.29) is 5.82 Å². The van der Waals surface area contributed by atoms with Crippen LogP contribution in [0.3, 0.4) is 0 Å². The van der Waals surface area contributed by atoms with Crippen molar-refractivity contribution in [3.8, 4) is 0 Å². The fourth-order valence-electron chi connectivity index (χ4n) is 2.21. The molecule has 0 aliphatic rings. The Morgan fingerprint density at radius 1 is 1.21 bits per heavy atom. The fraction of sp³-hybridized carbons (Fsp3) is 0.400. The van der Waals surface area contributed by atoms with E-state index in [1.54, 1.807) is 25.3 Å². The minimum Gasteiger partial charge on any atom is -0.389 e. The maximum atomic E-state index is 12.8. The Morgan fingerprint density at radius 3 is 2.42 bits per heavy atom. The second-order valence-electron chi connectivity index (χ2n) is 5.18. The number of aromatic nitrogens is 2. The number of aliphatic hydroxyl groups is 1. The van der Waals surface area contributed by atoms with E-state index in [0.717, 1.165) is 17.7 Å². The smallest absolute Gasteiger partial charge is 0.123 e. The molecular weight excluding hydrogens is 243 g/mol.